The highest BCUT2D eigenvalue weighted by atomic mass is 32.2. The summed E-state index contributed by atoms with van der Waals surface area (Å²) in [7, 11) is -3.72. The number of pyridine rings is 1. The number of rotatable bonds is 6. The fraction of sp³-hybridized carbons (Fsp3) is 0.538. The number of hydrogen-bond acceptors (Lipinski definition) is 5. The first-order valence-electron chi connectivity index (χ1n) is 12.0. The standard InChI is InChI=1S/C26H37N3O4S/c1-7-20(3)29(25(30)33-26(4,5)6)24-22(11-10-17-27-24)23-12-8-9-18-28(23)34(31,32)21-15-13-19(2)14-16-21/h10-11,13-17,20,23H,7-9,12,18H2,1-6H3. The first-order chi connectivity index (χ1) is 16.0. The molecule has 7 nitrogen and oxygen atoms in total. The molecule has 2 heterocycles. The number of benzene rings is 1. The highest BCUT2D eigenvalue weighted by Gasteiger charge is 2.38. The summed E-state index contributed by atoms with van der Waals surface area (Å²) < 4.78 is 34.6. The Morgan fingerprint density at radius 1 is 1.21 bits per heavy atom. The number of carbonyl (C=O) groups excluding carboxylic acids is 1. The van der Waals surface area contributed by atoms with E-state index in [0.29, 0.717) is 25.2 Å². The molecule has 1 aliphatic rings. The lowest BCUT2D eigenvalue weighted by Crippen LogP contribution is -2.44. The minimum Gasteiger partial charge on any atom is -0.443 e. The van der Waals surface area contributed by atoms with Gasteiger partial charge in [-0.3, -0.25) is 4.90 Å². The fourth-order valence-electron chi connectivity index (χ4n) is 4.19. The van der Waals surface area contributed by atoms with Gasteiger partial charge in [-0.05, 0) is 72.1 Å². The Labute approximate surface area is 204 Å². The number of anilines is 1. The molecule has 1 aliphatic heterocycles. The Morgan fingerprint density at radius 2 is 1.88 bits per heavy atom. The third kappa shape index (κ3) is 5.78. The third-order valence-corrected chi connectivity index (χ3v) is 8.03. The van der Waals surface area contributed by atoms with E-state index in [4.69, 9.17) is 4.74 Å². The summed E-state index contributed by atoms with van der Waals surface area (Å²) in [6.07, 6.45) is 4.20. The maximum atomic E-state index is 13.7. The number of carbonyl (C=O) groups is 1. The first kappa shape index (κ1) is 26.2. The average molecular weight is 488 g/mol. The smallest absolute Gasteiger partial charge is 0.416 e. The zero-order valence-electron chi connectivity index (χ0n) is 21.1. The largest absolute Gasteiger partial charge is 0.443 e. The van der Waals surface area contributed by atoms with Gasteiger partial charge in [-0.25, -0.2) is 18.2 Å². The number of hydrogen-bond donors (Lipinski definition) is 0. The molecule has 34 heavy (non-hydrogen) atoms. The van der Waals surface area contributed by atoms with Crippen molar-refractivity contribution in [3.8, 4) is 0 Å². The number of aromatic nitrogens is 1. The second kappa shape index (κ2) is 10.4. The minimum absolute atomic E-state index is 0.172. The van der Waals surface area contributed by atoms with Crippen molar-refractivity contribution in [2.45, 2.75) is 89.8 Å². The van der Waals surface area contributed by atoms with E-state index >= 15 is 0 Å². The van der Waals surface area contributed by atoms with E-state index in [9.17, 15) is 13.2 Å². The van der Waals surface area contributed by atoms with Crippen molar-refractivity contribution in [1.29, 1.82) is 0 Å². The van der Waals surface area contributed by atoms with Crippen LogP contribution in [0.25, 0.3) is 0 Å². The number of ether oxygens (including phenoxy) is 1. The molecular formula is C26H37N3O4S. The molecule has 1 aromatic carbocycles. The van der Waals surface area contributed by atoms with Crippen molar-refractivity contribution in [3.63, 3.8) is 0 Å². The second-order valence-corrected chi connectivity index (χ2v) is 11.9. The van der Waals surface area contributed by atoms with Crippen LogP contribution in [-0.2, 0) is 14.8 Å². The zero-order valence-corrected chi connectivity index (χ0v) is 21.9. The van der Waals surface area contributed by atoms with E-state index in [-0.39, 0.29) is 10.9 Å². The van der Waals surface area contributed by atoms with Crippen LogP contribution in [0.1, 0.15) is 77.5 Å². The topological polar surface area (TPSA) is 79.8 Å². The van der Waals surface area contributed by atoms with Crippen LogP contribution in [0, 0.1) is 6.92 Å². The molecule has 1 aromatic heterocycles. The molecule has 0 bridgehead atoms. The van der Waals surface area contributed by atoms with E-state index < -0.39 is 27.8 Å². The Morgan fingerprint density at radius 3 is 2.50 bits per heavy atom. The lowest BCUT2D eigenvalue weighted by atomic mass is 9.97. The van der Waals surface area contributed by atoms with Gasteiger partial charge < -0.3 is 4.74 Å². The predicted octanol–water partition coefficient (Wildman–Crippen LogP) is 5.85. The fourth-order valence-corrected chi connectivity index (χ4v) is 5.86. The van der Waals surface area contributed by atoms with Crippen LogP contribution in [0.5, 0.6) is 0 Å². The van der Waals surface area contributed by atoms with E-state index in [1.165, 1.54) is 0 Å². The van der Waals surface area contributed by atoms with Crippen molar-refractivity contribution in [1.82, 2.24) is 9.29 Å². The Kier molecular flexibility index (Phi) is 8.03. The number of amides is 1. The van der Waals surface area contributed by atoms with Gasteiger partial charge in [0.05, 0.1) is 10.9 Å². The summed E-state index contributed by atoms with van der Waals surface area (Å²) in [4.78, 5) is 19.7. The van der Waals surface area contributed by atoms with Crippen LogP contribution in [0.3, 0.4) is 0 Å². The van der Waals surface area contributed by atoms with Gasteiger partial charge in [0.1, 0.15) is 11.4 Å². The normalized spacial score (nSPS) is 18.4. The Balaban J connectivity index is 2.08. The number of aryl methyl sites for hydroxylation is 1. The number of nitrogens with zero attached hydrogens (tertiary/aromatic N) is 3. The third-order valence-electron chi connectivity index (χ3n) is 6.11. The lowest BCUT2D eigenvalue weighted by Gasteiger charge is -2.38. The maximum Gasteiger partial charge on any atom is 0.416 e. The summed E-state index contributed by atoms with van der Waals surface area (Å²) in [6, 6.07) is 10.0. The molecule has 0 aliphatic carbocycles. The van der Waals surface area contributed by atoms with Crippen molar-refractivity contribution in [2.75, 3.05) is 11.4 Å². The summed E-state index contributed by atoms with van der Waals surface area (Å²) in [5.41, 5.74) is 1.07. The summed E-state index contributed by atoms with van der Waals surface area (Å²) in [5, 5.41) is 0. The molecule has 2 aromatic rings. The van der Waals surface area contributed by atoms with Crippen LogP contribution in [0.15, 0.2) is 47.5 Å². The first-order valence-corrected chi connectivity index (χ1v) is 13.5. The molecule has 0 saturated carbocycles. The highest BCUT2D eigenvalue weighted by Crippen LogP contribution is 2.39. The number of piperidine rings is 1. The molecule has 1 fully saturated rings. The van der Waals surface area contributed by atoms with E-state index in [1.807, 2.05) is 59.7 Å². The maximum absolute atomic E-state index is 13.7. The predicted molar refractivity (Wildman–Crippen MR) is 134 cm³/mol. The number of sulfonamides is 1. The molecule has 2 unspecified atom stereocenters. The highest BCUT2D eigenvalue weighted by molar-refractivity contribution is 7.89. The molecule has 2 atom stereocenters. The van der Waals surface area contributed by atoms with Gasteiger partial charge in [0, 0.05) is 24.3 Å². The van der Waals surface area contributed by atoms with E-state index in [1.54, 1.807) is 33.6 Å². The van der Waals surface area contributed by atoms with Crippen LogP contribution < -0.4 is 4.90 Å². The molecule has 8 heteroatoms. The molecule has 1 saturated heterocycles. The average Bonchev–Trinajstić information content (AvgIpc) is 2.78. The van der Waals surface area contributed by atoms with Gasteiger partial charge >= 0.3 is 6.09 Å². The lowest BCUT2D eigenvalue weighted by molar-refractivity contribution is 0.0565. The molecule has 0 N–H and O–H groups in total. The van der Waals surface area contributed by atoms with Crippen LogP contribution in [0.2, 0.25) is 0 Å². The van der Waals surface area contributed by atoms with Gasteiger partial charge in [-0.2, -0.15) is 4.31 Å². The molecule has 0 spiro atoms. The molecule has 3 rings (SSSR count). The van der Waals surface area contributed by atoms with Crippen LogP contribution in [-0.4, -0.2) is 42.0 Å². The zero-order chi connectivity index (χ0) is 25.1. The molecule has 0 radical (unpaired) electrons. The molecule has 1 amide bonds. The van der Waals surface area contributed by atoms with Gasteiger partial charge in [0.15, 0.2) is 0 Å². The Hall–Kier alpha value is -2.45. The van der Waals surface area contributed by atoms with Crippen molar-refractivity contribution >= 4 is 21.9 Å². The van der Waals surface area contributed by atoms with E-state index in [0.717, 1.165) is 24.0 Å². The quantitative estimate of drug-likeness (QED) is 0.511. The van der Waals surface area contributed by atoms with E-state index in [2.05, 4.69) is 4.98 Å². The van der Waals surface area contributed by atoms with Crippen LogP contribution >= 0.6 is 0 Å². The summed E-state index contributed by atoms with van der Waals surface area (Å²) >= 11 is 0. The van der Waals surface area contributed by atoms with Crippen molar-refractivity contribution in [2.24, 2.45) is 0 Å². The molecular weight excluding hydrogens is 450 g/mol. The van der Waals surface area contributed by atoms with Crippen LogP contribution in [0.4, 0.5) is 10.6 Å². The second-order valence-electron chi connectivity index (χ2n) is 9.96. The van der Waals surface area contributed by atoms with Crippen molar-refractivity contribution < 1.29 is 17.9 Å². The minimum atomic E-state index is -3.72. The van der Waals surface area contributed by atoms with Gasteiger partial charge in [0.25, 0.3) is 0 Å². The Bertz CT molecular complexity index is 1090. The van der Waals surface area contributed by atoms with Gasteiger partial charge in [-0.1, -0.05) is 37.1 Å². The molecule has 186 valence electrons. The van der Waals surface area contributed by atoms with Gasteiger partial charge in [-0.15, -0.1) is 0 Å². The van der Waals surface area contributed by atoms with Gasteiger partial charge in [0.2, 0.25) is 10.0 Å². The summed E-state index contributed by atoms with van der Waals surface area (Å²) in [5.74, 6) is 0.460. The SMILES string of the molecule is CCC(C)N(C(=O)OC(C)(C)C)c1ncccc1C1CCCCN1S(=O)(=O)c1ccc(C)cc1. The summed E-state index contributed by atoms with van der Waals surface area (Å²) in [6.45, 7) is 11.8. The van der Waals surface area contributed by atoms with Crippen molar-refractivity contribution in [3.05, 3.63) is 53.7 Å². The monoisotopic (exact) mass is 487 g/mol.